The van der Waals surface area contributed by atoms with E-state index in [1.165, 1.54) is 11.8 Å². The van der Waals surface area contributed by atoms with Crippen LogP contribution >= 0.6 is 11.8 Å². The minimum atomic E-state index is -0.0114. The van der Waals surface area contributed by atoms with Gasteiger partial charge in [-0.05, 0) is 37.0 Å². The lowest BCUT2D eigenvalue weighted by molar-refractivity contribution is 0.0941. The first-order valence-electron chi connectivity index (χ1n) is 10.7. The number of piperidine rings is 1. The zero-order valence-electron chi connectivity index (χ0n) is 17.9. The Morgan fingerprint density at radius 3 is 2.77 bits per heavy atom. The van der Waals surface area contributed by atoms with E-state index < -0.39 is 0 Å². The fourth-order valence-electron chi connectivity index (χ4n) is 4.80. The summed E-state index contributed by atoms with van der Waals surface area (Å²) in [5.74, 6) is 1.88. The second-order valence-corrected chi connectivity index (χ2v) is 9.71. The van der Waals surface area contributed by atoms with Crippen LogP contribution in [0.25, 0.3) is 10.9 Å². The maximum Gasteiger partial charge on any atom is 0.227 e. The van der Waals surface area contributed by atoms with E-state index in [4.69, 9.17) is 10.5 Å². The number of nitrogens with two attached hydrogens (primary N) is 1. The van der Waals surface area contributed by atoms with E-state index in [0.29, 0.717) is 22.2 Å². The first kappa shape index (κ1) is 20.3. The Hall–Kier alpha value is -2.58. The predicted molar refractivity (Wildman–Crippen MR) is 123 cm³/mol. The Balaban J connectivity index is 1.34. The maximum absolute atomic E-state index is 11.8. The quantitative estimate of drug-likeness (QED) is 0.661. The van der Waals surface area contributed by atoms with Crippen LogP contribution in [0.15, 0.2) is 46.6 Å². The molecule has 31 heavy (non-hydrogen) atoms. The summed E-state index contributed by atoms with van der Waals surface area (Å²) in [6.45, 7) is 7.52. The lowest BCUT2D eigenvalue weighted by atomic mass is 9.72. The lowest BCUT2D eigenvalue weighted by Gasteiger charge is -2.41. The monoisotopic (exact) mass is 437 g/mol. The van der Waals surface area contributed by atoms with Crippen molar-refractivity contribution in [2.75, 3.05) is 36.9 Å². The number of hydrogen-bond donors (Lipinski definition) is 1. The van der Waals surface area contributed by atoms with Crippen LogP contribution in [-0.2, 0) is 4.74 Å². The number of aromatic nitrogens is 3. The molecule has 2 fully saturated rings. The van der Waals surface area contributed by atoms with Crippen LogP contribution in [0.5, 0.6) is 0 Å². The van der Waals surface area contributed by atoms with Gasteiger partial charge in [0, 0.05) is 48.5 Å². The van der Waals surface area contributed by atoms with Gasteiger partial charge in [0.05, 0.1) is 18.3 Å². The van der Waals surface area contributed by atoms with Crippen LogP contribution in [0, 0.1) is 11.3 Å². The van der Waals surface area contributed by atoms with Gasteiger partial charge in [-0.15, -0.1) is 0 Å². The first-order chi connectivity index (χ1) is 15.0. The van der Waals surface area contributed by atoms with E-state index in [0.717, 1.165) is 60.8 Å². The Morgan fingerprint density at radius 1 is 1.29 bits per heavy atom. The largest absolute Gasteiger partial charge is 0.381 e. The van der Waals surface area contributed by atoms with Gasteiger partial charge in [-0.3, -0.25) is 9.36 Å². The van der Waals surface area contributed by atoms with Gasteiger partial charge in [-0.25, -0.2) is 9.97 Å². The standard InChI is InChI=1S/C23H27N5O2S/c1-15-13-30-14-23(15)7-10-27(11-8-23)20-12-25-22(21(24)26-20)31-19-5-3-4-18-17(19)6-9-28(18)16(2)29/h3-6,9,12,15H,7-8,10-11,13-14H2,1-2H3,(H2,24,26). The minimum Gasteiger partial charge on any atom is -0.381 e. The normalized spacial score (nSPS) is 20.6. The highest BCUT2D eigenvalue weighted by atomic mass is 32.2. The number of anilines is 2. The molecule has 2 saturated heterocycles. The van der Waals surface area contributed by atoms with E-state index in [9.17, 15) is 4.79 Å². The van der Waals surface area contributed by atoms with Crippen molar-refractivity contribution in [1.29, 1.82) is 0 Å². The fraction of sp³-hybridized carbons (Fsp3) is 0.435. The summed E-state index contributed by atoms with van der Waals surface area (Å²) in [7, 11) is 0. The molecular formula is C23H27N5O2S. The van der Waals surface area contributed by atoms with Crippen LogP contribution in [0.1, 0.15) is 31.5 Å². The van der Waals surface area contributed by atoms with Gasteiger partial charge >= 0.3 is 0 Å². The number of carbonyl (C=O) groups is 1. The summed E-state index contributed by atoms with van der Waals surface area (Å²) in [5.41, 5.74) is 7.51. The Morgan fingerprint density at radius 2 is 2.10 bits per heavy atom. The molecule has 0 aliphatic carbocycles. The topological polar surface area (TPSA) is 86.3 Å². The first-order valence-corrected chi connectivity index (χ1v) is 11.5. The summed E-state index contributed by atoms with van der Waals surface area (Å²) in [6, 6.07) is 7.85. The van der Waals surface area contributed by atoms with Crippen LogP contribution < -0.4 is 10.6 Å². The molecule has 0 amide bonds. The number of fused-ring (bicyclic) bond motifs is 1. The molecule has 0 bridgehead atoms. The molecule has 5 rings (SSSR count). The molecule has 162 valence electrons. The molecule has 0 radical (unpaired) electrons. The number of rotatable bonds is 3. The average Bonchev–Trinajstić information content (AvgIpc) is 3.35. The number of nitrogen functional groups attached to an aromatic ring is 1. The molecular weight excluding hydrogens is 410 g/mol. The van der Waals surface area contributed by atoms with Crippen molar-refractivity contribution in [3.63, 3.8) is 0 Å². The molecule has 1 unspecified atom stereocenters. The molecule has 2 N–H and O–H groups in total. The van der Waals surface area contributed by atoms with Crippen molar-refractivity contribution in [3.8, 4) is 0 Å². The van der Waals surface area contributed by atoms with Gasteiger partial charge in [0.25, 0.3) is 0 Å². The molecule has 1 atom stereocenters. The van der Waals surface area contributed by atoms with Gasteiger partial charge in [-0.2, -0.15) is 0 Å². The fourth-order valence-corrected chi connectivity index (χ4v) is 5.69. The molecule has 2 aromatic heterocycles. The Kier molecular flexibility index (Phi) is 5.14. The SMILES string of the molecule is CC(=O)n1ccc2c(Sc3ncc(N4CCC5(CC4)COCC5C)nc3N)cccc21. The van der Waals surface area contributed by atoms with Crippen LogP contribution in [0.2, 0.25) is 0 Å². The highest BCUT2D eigenvalue weighted by Gasteiger charge is 2.43. The highest BCUT2D eigenvalue weighted by molar-refractivity contribution is 7.99. The second-order valence-electron chi connectivity index (χ2n) is 8.68. The molecule has 1 spiro atoms. The summed E-state index contributed by atoms with van der Waals surface area (Å²) < 4.78 is 7.39. The van der Waals surface area contributed by atoms with Gasteiger partial charge in [0.1, 0.15) is 10.8 Å². The number of benzene rings is 1. The summed E-state index contributed by atoms with van der Waals surface area (Å²) in [5, 5.41) is 1.68. The van der Waals surface area contributed by atoms with E-state index in [2.05, 4.69) is 21.8 Å². The zero-order valence-corrected chi connectivity index (χ0v) is 18.7. The third kappa shape index (κ3) is 3.57. The highest BCUT2D eigenvalue weighted by Crippen LogP contribution is 2.44. The number of hydrogen-bond acceptors (Lipinski definition) is 7. The van der Waals surface area contributed by atoms with Gasteiger partial charge in [-0.1, -0.05) is 24.8 Å². The maximum atomic E-state index is 11.8. The van der Waals surface area contributed by atoms with E-state index in [-0.39, 0.29) is 5.91 Å². The average molecular weight is 438 g/mol. The van der Waals surface area contributed by atoms with Gasteiger partial charge in [0.15, 0.2) is 5.82 Å². The van der Waals surface area contributed by atoms with Gasteiger partial charge < -0.3 is 15.4 Å². The van der Waals surface area contributed by atoms with Crippen molar-refractivity contribution in [2.45, 2.75) is 36.6 Å². The van der Waals surface area contributed by atoms with E-state index in [1.54, 1.807) is 17.7 Å². The smallest absolute Gasteiger partial charge is 0.227 e. The molecule has 2 aliphatic rings. The van der Waals surface area contributed by atoms with E-state index >= 15 is 0 Å². The summed E-state index contributed by atoms with van der Waals surface area (Å²) >= 11 is 1.48. The molecule has 8 heteroatoms. The van der Waals surface area contributed by atoms with Crippen LogP contribution in [0.4, 0.5) is 11.6 Å². The van der Waals surface area contributed by atoms with Crippen molar-refractivity contribution in [2.24, 2.45) is 11.3 Å². The number of carbonyl (C=O) groups excluding carboxylic acids is 1. The Labute approximate surface area is 186 Å². The summed E-state index contributed by atoms with van der Waals surface area (Å²) in [6.07, 6.45) is 5.85. The third-order valence-corrected chi connectivity index (χ3v) is 7.96. The minimum absolute atomic E-state index is 0.0114. The van der Waals surface area contributed by atoms with Crippen molar-refractivity contribution >= 4 is 40.2 Å². The van der Waals surface area contributed by atoms with Gasteiger partial charge in [0.2, 0.25) is 5.91 Å². The summed E-state index contributed by atoms with van der Waals surface area (Å²) in [4.78, 5) is 24.4. The second kappa shape index (κ2) is 7.84. The predicted octanol–water partition coefficient (Wildman–Crippen LogP) is 4.08. The van der Waals surface area contributed by atoms with Crippen molar-refractivity contribution < 1.29 is 9.53 Å². The third-order valence-electron chi connectivity index (χ3n) is 6.88. The molecule has 4 heterocycles. The molecule has 0 saturated carbocycles. The number of ether oxygens (including phenoxy) is 1. The van der Waals surface area contributed by atoms with E-state index in [1.807, 2.05) is 30.5 Å². The Bertz CT molecular complexity index is 1140. The number of nitrogens with zero attached hydrogens (tertiary/aromatic N) is 4. The van der Waals surface area contributed by atoms with Crippen molar-refractivity contribution in [3.05, 3.63) is 36.7 Å². The molecule has 7 nitrogen and oxygen atoms in total. The van der Waals surface area contributed by atoms with Crippen LogP contribution in [-0.4, -0.2) is 46.7 Å². The molecule has 1 aromatic carbocycles. The molecule has 2 aliphatic heterocycles. The zero-order chi connectivity index (χ0) is 21.6. The lowest BCUT2D eigenvalue weighted by Crippen LogP contribution is -2.43. The van der Waals surface area contributed by atoms with Crippen LogP contribution in [0.3, 0.4) is 0 Å². The molecule has 3 aromatic rings. The van der Waals surface area contributed by atoms with Crippen molar-refractivity contribution in [1.82, 2.24) is 14.5 Å².